The van der Waals surface area contributed by atoms with Crippen LogP contribution >= 0.6 is 24.0 Å². The van der Waals surface area contributed by atoms with Crippen molar-refractivity contribution in [3.05, 3.63) is 34.6 Å². The van der Waals surface area contributed by atoms with E-state index in [4.69, 9.17) is 22.4 Å². The number of aliphatic hydroxyl groups excluding tert-OH is 1. The number of aliphatic hydroxyl groups is 1. The number of rotatable bonds is 2. The first-order chi connectivity index (χ1) is 5.66. The molecule has 0 aromatic heterocycles. The Morgan fingerprint density at radius 1 is 1.54 bits per heavy atom. The molecule has 2 nitrogen and oxygen atoms in total. The topological polar surface area (TPSA) is 46.2 Å². The summed E-state index contributed by atoms with van der Waals surface area (Å²) < 4.78 is 13.1. The van der Waals surface area contributed by atoms with Gasteiger partial charge in [0.05, 0.1) is 17.7 Å². The van der Waals surface area contributed by atoms with E-state index in [0.717, 1.165) is 0 Å². The smallest absolute Gasteiger partial charge is 0.146 e. The van der Waals surface area contributed by atoms with Gasteiger partial charge in [0.1, 0.15) is 5.82 Å². The zero-order valence-corrected chi connectivity index (χ0v) is 8.28. The van der Waals surface area contributed by atoms with Gasteiger partial charge in [-0.3, -0.25) is 0 Å². The van der Waals surface area contributed by atoms with Gasteiger partial charge in [-0.15, -0.1) is 12.4 Å². The van der Waals surface area contributed by atoms with Crippen LogP contribution < -0.4 is 5.73 Å². The molecule has 0 radical (unpaired) electrons. The lowest BCUT2D eigenvalue weighted by Crippen LogP contribution is -2.16. The van der Waals surface area contributed by atoms with Crippen LogP contribution in [-0.4, -0.2) is 11.7 Å². The largest absolute Gasteiger partial charge is 0.394 e. The minimum Gasteiger partial charge on any atom is -0.394 e. The summed E-state index contributed by atoms with van der Waals surface area (Å²) in [5, 5.41) is 8.69. The van der Waals surface area contributed by atoms with Gasteiger partial charge < -0.3 is 10.8 Å². The summed E-state index contributed by atoms with van der Waals surface area (Å²) in [6, 6.07) is 3.83. The van der Waals surface area contributed by atoms with Crippen molar-refractivity contribution >= 4 is 24.0 Å². The quantitative estimate of drug-likeness (QED) is 0.808. The summed E-state index contributed by atoms with van der Waals surface area (Å²) in [5.41, 5.74) is 5.66. The summed E-state index contributed by atoms with van der Waals surface area (Å²) in [4.78, 5) is 0. The fourth-order valence-corrected chi connectivity index (χ4v) is 1.09. The van der Waals surface area contributed by atoms with Crippen LogP contribution in [-0.2, 0) is 0 Å². The Balaban J connectivity index is 0.00000144. The molecule has 5 heteroatoms. The average molecular weight is 226 g/mol. The first kappa shape index (κ1) is 12.7. The zero-order valence-electron chi connectivity index (χ0n) is 6.71. The van der Waals surface area contributed by atoms with E-state index in [-0.39, 0.29) is 29.6 Å². The maximum Gasteiger partial charge on any atom is 0.146 e. The molecule has 0 aliphatic heterocycles. The third-order valence-corrected chi connectivity index (χ3v) is 1.87. The fraction of sp³-hybridized carbons (Fsp3) is 0.250. The maximum absolute atomic E-state index is 13.1. The predicted molar refractivity (Wildman–Crippen MR) is 52.7 cm³/mol. The Morgan fingerprint density at radius 2 is 2.15 bits per heavy atom. The molecule has 0 aliphatic carbocycles. The molecule has 0 spiro atoms. The minimum atomic E-state index is -0.705. The van der Waals surface area contributed by atoms with Crippen molar-refractivity contribution in [2.24, 2.45) is 5.73 Å². The molecule has 0 fully saturated rings. The second kappa shape index (κ2) is 5.40. The van der Waals surface area contributed by atoms with E-state index in [0.29, 0.717) is 0 Å². The first-order valence-electron chi connectivity index (χ1n) is 3.47. The normalized spacial score (nSPS) is 12.0. The molecule has 0 bridgehead atoms. The first-order valence-corrected chi connectivity index (χ1v) is 3.85. The van der Waals surface area contributed by atoms with Gasteiger partial charge in [-0.2, -0.15) is 0 Å². The van der Waals surface area contributed by atoms with Gasteiger partial charge in [-0.05, 0) is 6.07 Å². The Hall–Kier alpha value is -0.350. The van der Waals surface area contributed by atoms with Crippen molar-refractivity contribution in [2.45, 2.75) is 6.04 Å². The molecular weight excluding hydrogens is 216 g/mol. The van der Waals surface area contributed by atoms with E-state index in [2.05, 4.69) is 0 Å². The summed E-state index contributed by atoms with van der Waals surface area (Å²) in [6.45, 7) is -0.294. The van der Waals surface area contributed by atoms with Gasteiger partial charge in [0, 0.05) is 5.56 Å². The second-order valence-electron chi connectivity index (χ2n) is 2.43. The monoisotopic (exact) mass is 225 g/mol. The highest BCUT2D eigenvalue weighted by Crippen LogP contribution is 2.21. The summed E-state index contributed by atoms with van der Waals surface area (Å²) in [5.74, 6) is -0.555. The van der Waals surface area contributed by atoms with E-state index >= 15 is 0 Å². The van der Waals surface area contributed by atoms with Gasteiger partial charge in [-0.1, -0.05) is 23.7 Å². The predicted octanol–water partition coefficient (Wildman–Crippen LogP) is 1.89. The van der Waals surface area contributed by atoms with Gasteiger partial charge >= 0.3 is 0 Å². The van der Waals surface area contributed by atoms with E-state index in [1.807, 2.05) is 0 Å². The summed E-state index contributed by atoms with van der Waals surface area (Å²) in [6.07, 6.45) is 0. The van der Waals surface area contributed by atoms with Crippen molar-refractivity contribution in [3.8, 4) is 0 Å². The van der Waals surface area contributed by atoms with Crippen molar-refractivity contribution in [2.75, 3.05) is 6.61 Å². The third-order valence-electron chi connectivity index (χ3n) is 1.58. The van der Waals surface area contributed by atoms with Crippen LogP contribution in [0.25, 0.3) is 0 Å². The molecule has 1 aromatic rings. The molecule has 74 valence electrons. The lowest BCUT2D eigenvalue weighted by atomic mass is 10.1. The highest BCUT2D eigenvalue weighted by Gasteiger charge is 2.11. The molecular formula is C8H10Cl2FNO. The number of hydrogen-bond donors (Lipinski definition) is 2. The minimum absolute atomic E-state index is 0. The van der Waals surface area contributed by atoms with Gasteiger partial charge in [-0.25, -0.2) is 4.39 Å². The molecule has 1 aromatic carbocycles. The van der Waals surface area contributed by atoms with E-state index in [1.54, 1.807) is 6.07 Å². The average Bonchev–Trinajstić information content (AvgIpc) is 2.08. The highest BCUT2D eigenvalue weighted by atomic mass is 35.5. The fourth-order valence-electron chi connectivity index (χ4n) is 0.905. The van der Waals surface area contributed by atoms with Crippen LogP contribution in [0.1, 0.15) is 11.6 Å². The van der Waals surface area contributed by atoms with Crippen molar-refractivity contribution in [3.63, 3.8) is 0 Å². The Morgan fingerprint density at radius 3 is 2.69 bits per heavy atom. The Bertz CT molecular complexity index is 283. The van der Waals surface area contributed by atoms with E-state index in [9.17, 15) is 4.39 Å². The Kier molecular flexibility index (Phi) is 5.25. The zero-order chi connectivity index (χ0) is 9.14. The van der Waals surface area contributed by atoms with Crippen LogP contribution in [0.15, 0.2) is 18.2 Å². The molecule has 0 amide bonds. The van der Waals surface area contributed by atoms with Crippen LogP contribution in [0.4, 0.5) is 4.39 Å². The van der Waals surface area contributed by atoms with E-state index < -0.39 is 11.9 Å². The molecule has 0 heterocycles. The van der Waals surface area contributed by atoms with Crippen LogP contribution in [0.5, 0.6) is 0 Å². The molecule has 13 heavy (non-hydrogen) atoms. The van der Waals surface area contributed by atoms with Crippen molar-refractivity contribution < 1.29 is 9.50 Å². The van der Waals surface area contributed by atoms with Gasteiger partial charge in [0.15, 0.2) is 0 Å². The highest BCUT2D eigenvalue weighted by molar-refractivity contribution is 6.30. The van der Waals surface area contributed by atoms with Crippen LogP contribution in [0.2, 0.25) is 5.02 Å². The molecule has 0 unspecified atom stereocenters. The van der Waals surface area contributed by atoms with Crippen molar-refractivity contribution in [1.29, 1.82) is 0 Å². The van der Waals surface area contributed by atoms with Gasteiger partial charge in [0.25, 0.3) is 0 Å². The number of nitrogens with two attached hydrogens (primary N) is 1. The molecule has 0 saturated carbocycles. The van der Waals surface area contributed by atoms with Crippen LogP contribution in [0, 0.1) is 5.82 Å². The molecule has 3 N–H and O–H groups in total. The SMILES string of the molecule is Cl.N[C@H](CO)c1cccc(Cl)c1F. The number of benzene rings is 1. The molecule has 1 rings (SSSR count). The lowest BCUT2D eigenvalue weighted by molar-refractivity contribution is 0.265. The molecule has 0 aliphatic rings. The molecule has 1 atom stereocenters. The van der Waals surface area contributed by atoms with Crippen molar-refractivity contribution in [1.82, 2.24) is 0 Å². The Labute approximate surface area is 86.9 Å². The summed E-state index contributed by atoms with van der Waals surface area (Å²) in [7, 11) is 0. The summed E-state index contributed by atoms with van der Waals surface area (Å²) >= 11 is 5.50. The van der Waals surface area contributed by atoms with Crippen LogP contribution in [0.3, 0.4) is 0 Å². The van der Waals surface area contributed by atoms with Gasteiger partial charge in [0.2, 0.25) is 0 Å². The maximum atomic E-state index is 13.1. The number of halogens is 3. The standard InChI is InChI=1S/C8H9ClFNO.ClH/c9-6-3-1-2-5(8(6)10)7(11)4-12;/h1-3,7,12H,4,11H2;1H/t7-;/m1./s1. The second-order valence-corrected chi connectivity index (χ2v) is 2.84. The van der Waals surface area contributed by atoms with E-state index in [1.165, 1.54) is 12.1 Å². The molecule has 0 saturated heterocycles. The third kappa shape index (κ3) is 2.81. The lowest BCUT2D eigenvalue weighted by Gasteiger charge is -2.09. The number of hydrogen-bond acceptors (Lipinski definition) is 2.